The summed E-state index contributed by atoms with van der Waals surface area (Å²) < 4.78 is 42.5. The second kappa shape index (κ2) is 24.9. The Morgan fingerprint density at radius 1 is 0.639 bits per heavy atom. The van der Waals surface area contributed by atoms with E-state index in [0.29, 0.717) is 91.5 Å². The van der Waals surface area contributed by atoms with Gasteiger partial charge in [0.25, 0.3) is 0 Å². The molecule has 208 valence electrons. The average molecular weight is 516 g/mol. The number of ether oxygens (including phenoxy) is 8. The standard InChI is InChI=1S/C26H45NO9/c1-3-4-9-27-25-7-5-24(6-8-25)26(28)36-23-22-35-21-20-34-19-18-33-17-16-32-15-14-31-13-12-30-11-10-29-2/h5-8,27H,3-4,9-23H2,1-2H3. The molecule has 1 N–H and O–H groups in total. The summed E-state index contributed by atoms with van der Waals surface area (Å²) in [6, 6.07) is 7.30. The van der Waals surface area contributed by atoms with Crippen molar-refractivity contribution in [2.24, 2.45) is 0 Å². The van der Waals surface area contributed by atoms with Gasteiger partial charge in [-0.05, 0) is 30.7 Å². The summed E-state index contributed by atoms with van der Waals surface area (Å²) in [5, 5.41) is 3.31. The van der Waals surface area contributed by atoms with Gasteiger partial charge in [-0.1, -0.05) is 13.3 Å². The van der Waals surface area contributed by atoms with E-state index in [1.807, 2.05) is 12.1 Å². The zero-order chi connectivity index (χ0) is 25.9. The van der Waals surface area contributed by atoms with Crippen molar-refractivity contribution in [3.8, 4) is 0 Å². The molecule has 1 aromatic rings. The minimum atomic E-state index is -0.355. The van der Waals surface area contributed by atoms with Crippen LogP contribution in [0.1, 0.15) is 30.1 Å². The molecule has 0 aliphatic rings. The van der Waals surface area contributed by atoms with E-state index in [1.54, 1.807) is 19.2 Å². The van der Waals surface area contributed by atoms with Gasteiger partial charge < -0.3 is 43.2 Å². The maximum atomic E-state index is 12.1. The van der Waals surface area contributed by atoms with Crippen molar-refractivity contribution >= 4 is 11.7 Å². The number of carbonyl (C=O) groups is 1. The molecule has 10 nitrogen and oxygen atoms in total. The van der Waals surface area contributed by atoms with Crippen LogP contribution >= 0.6 is 0 Å². The highest BCUT2D eigenvalue weighted by Gasteiger charge is 2.06. The van der Waals surface area contributed by atoms with Gasteiger partial charge in [-0.25, -0.2) is 4.79 Å². The highest BCUT2D eigenvalue weighted by molar-refractivity contribution is 5.89. The molecule has 0 radical (unpaired) electrons. The lowest BCUT2D eigenvalue weighted by Gasteiger charge is -2.09. The maximum Gasteiger partial charge on any atom is 0.338 e. The van der Waals surface area contributed by atoms with Crippen molar-refractivity contribution in [1.29, 1.82) is 0 Å². The minimum Gasteiger partial charge on any atom is -0.460 e. The summed E-state index contributed by atoms with van der Waals surface area (Å²) in [5.74, 6) is -0.355. The minimum absolute atomic E-state index is 0.200. The molecule has 0 aliphatic carbocycles. The fourth-order valence-corrected chi connectivity index (χ4v) is 2.75. The van der Waals surface area contributed by atoms with Gasteiger partial charge in [0.05, 0.1) is 91.5 Å². The number of methoxy groups -OCH3 is 1. The van der Waals surface area contributed by atoms with E-state index in [9.17, 15) is 4.79 Å². The van der Waals surface area contributed by atoms with Crippen molar-refractivity contribution in [3.63, 3.8) is 0 Å². The highest BCUT2D eigenvalue weighted by atomic mass is 16.6. The summed E-state index contributed by atoms with van der Waals surface area (Å²) in [6.45, 7) is 9.77. The third-order valence-electron chi connectivity index (χ3n) is 4.73. The van der Waals surface area contributed by atoms with Crippen molar-refractivity contribution < 1.29 is 42.7 Å². The van der Waals surface area contributed by atoms with Gasteiger partial charge >= 0.3 is 5.97 Å². The number of hydrogen-bond acceptors (Lipinski definition) is 10. The Balaban J connectivity index is 1.80. The van der Waals surface area contributed by atoms with Crippen LogP contribution in [-0.2, 0) is 37.9 Å². The first kappa shape index (κ1) is 32.2. The Morgan fingerprint density at radius 2 is 1.06 bits per heavy atom. The number of anilines is 1. The molecule has 0 fully saturated rings. The monoisotopic (exact) mass is 515 g/mol. The lowest BCUT2D eigenvalue weighted by molar-refractivity contribution is -0.0211. The summed E-state index contributed by atoms with van der Waals surface area (Å²) in [7, 11) is 1.64. The van der Waals surface area contributed by atoms with Crippen LogP contribution in [0.3, 0.4) is 0 Å². The summed E-state index contributed by atoms with van der Waals surface area (Å²) in [4.78, 5) is 12.1. The van der Waals surface area contributed by atoms with E-state index in [-0.39, 0.29) is 12.6 Å². The molecule has 0 aliphatic heterocycles. The quantitative estimate of drug-likeness (QED) is 0.146. The van der Waals surface area contributed by atoms with Crippen molar-refractivity contribution in [2.75, 3.05) is 111 Å². The SMILES string of the molecule is CCCCNc1ccc(C(=O)OCCOCCOCCOCCOCCOCCOCCOC)cc1. The van der Waals surface area contributed by atoms with Crippen LogP contribution in [-0.4, -0.2) is 112 Å². The van der Waals surface area contributed by atoms with E-state index < -0.39 is 0 Å². The Bertz CT molecular complexity index is 616. The first-order valence-corrected chi connectivity index (χ1v) is 12.7. The van der Waals surface area contributed by atoms with E-state index in [2.05, 4.69) is 12.2 Å². The third-order valence-corrected chi connectivity index (χ3v) is 4.73. The first-order valence-electron chi connectivity index (χ1n) is 12.7. The number of rotatable bonds is 26. The van der Waals surface area contributed by atoms with Crippen LogP contribution in [0.15, 0.2) is 24.3 Å². The number of esters is 1. The molecule has 0 unspecified atom stereocenters. The number of hydrogen-bond donors (Lipinski definition) is 1. The fourth-order valence-electron chi connectivity index (χ4n) is 2.75. The molecule has 0 aromatic heterocycles. The van der Waals surface area contributed by atoms with Crippen molar-refractivity contribution in [1.82, 2.24) is 0 Å². The molecule has 0 saturated heterocycles. The number of carbonyl (C=O) groups excluding carboxylic acids is 1. The normalized spacial score (nSPS) is 11.1. The molecule has 10 heteroatoms. The maximum absolute atomic E-state index is 12.1. The van der Waals surface area contributed by atoms with Gasteiger partial charge in [0, 0.05) is 19.3 Å². The smallest absolute Gasteiger partial charge is 0.338 e. The average Bonchev–Trinajstić information content (AvgIpc) is 2.90. The van der Waals surface area contributed by atoms with E-state index in [4.69, 9.17) is 37.9 Å². The summed E-state index contributed by atoms with van der Waals surface area (Å²) in [6.07, 6.45) is 2.25. The van der Waals surface area contributed by atoms with Crippen molar-refractivity contribution in [3.05, 3.63) is 29.8 Å². The lowest BCUT2D eigenvalue weighted by atomic mass is 10.2. The third kappa shape index (κ3) is 19.4. The molecule has 1 rings (SSSR count). The molecule has 0 heterocycles. The van der Waals surface area contributed by atoms with Gasteiger partial charge in [-0.15, -0.1) is 0 Å². The van der Waals surface area contributed by atoms with Crippen LogP contribution in [0, 0.1) is 0 Å². The van der Waals surface area contributed by atoms with Crippen molar-refractivity contribution in [2.45, 2.75) is 19.8 Å². The molecular formula is C26H45NO9. The van der Waals surface area contributed by atoms with Crippen LogP contribution in [0.2, 0.25) is 0 Å². The van der Waals surface area contributed by atoms with Gasteiger partial charge in [0.1, 0.15) is 6.61 Å². The summed E-state index contributed by atoms with van der Waals surface area (Å²) in [5.41, 5.74) is 1.53. The summed E-state index contributed by atoms with van der Waals surface area (Å²) >= 11 is 0. The molecule has 0 saturated carbocycles. The van der Waals surface area contributed by atoms with Crippen LogP contribution in [0.25, 0.3) is 0 Å². The second-order valence-electron chi connectivity index (χ2n) is 7.66. The lowest BCUT2D eigenvalue weighted by Crippen LogP contribution is -2.15. The van der Waals surface area contributed by atoms with Gasteiger partial charge in [0.2, 0.25) is 0 Å². The fraction of sp³-hybridized carbons (Fsp3) is 0.731. The van der Waals surface area contributed by atoms with Gasteiger partial charge in [0.15, 0.2) is 0 Å². The largest absolute Gasteiger partial charge is 0.460 e. The van der Waals surface area contributed by atoms with Crippen LogP contribution in [0.5, 0.6) is 0 Å². The Morgan fingerprint density at radius 3 is 1.47 bits per heavy atom. The number of unbranched alkanes of at least 4 members (excludes halogenated alkanes) is 1. The highest BCUT2D eigenvalue weighted by Crippen LogP contribution is 2.10. The molecule has 36 heavy (non-hydrogen) atoms. The predicted octanol–water partition coefficient (Wildman–Crippen LogP) is 2.80. The predicted molar refractivity (Wildman–Crippen MR) is 137 cm³/mol. The molecule has 1 aromatic carbocycles. The van der Waals surface area contributed by atoms with Gasteiger partial charge in [-0.3, -0.25) is 0 Å². The number of nitrogens with one attached hydrogen (secondary N) is 1. The Labute approximate surface area is 215 Å². The van der Waals surface area contributed by atoms with Crippen LogP contribution < -0.4 is 5.32 Å². The zero-order valence-corrected chi connectivity index (χ0v) is 22.0. The molecule has 0 spiro atoms. The molecular weight excluding hydrogens is 470 g/mol. The second-order valence-corrected chi connectivity index (χ2v) is 7.66. The van der Waals surface area contributed by atoms with E-state index in [0.717, 1.165) is 25.1 Å². The van der Waals surface area contributed by atoms with E-state index in [1.165, 1.54) is 0 Å². The topological polar surface area (TPSA) is 103 Å². The van der Waals surface area contributed by atoms with Gasteiger partial charge in [-0.2, -0.15) is 0 Å². The Hall–Kier alpha value is -1.79. The molecule has 0 amide bonds. The van der Waals surface area contributed by atoms with Crippen LogP contribution in [0.4, 0.5) is 5.69 Å². The zero-order valence-electron chi connectivity index (χ0n) is 22.0. The number of benzene rings is 1. The molecule has 0 atom stereocenters. The Kier molecular flexibility index (Phi) is 22.3. The first-order chi connectivity index (χ1) is 17.8. The van der Waals surface area contributed by atoms with E-state index >= 15 is 0 Å². The molecule has 0 bridgehead atoms.